The first-order valence-electron chi connectivity index (χ1n) is 9.91. The molecule has 5 nitrogen and oxygen atoms in total. The summed E-state index contributed by atoms with van der Waals surface area (Å²) in [7, 11) is 0. The van der Waals surface area contributed by atoms with Crippen LogP contribution >= 0.6 is 12.4 Å². The van der Waals surface area contributed by atoms with Gasteiger partial charge in [0, 0.05) is 17.4 Å². The van der Waals surface area contributed by atoms with Gasteiger partial charge in [0.05, 0.1) is 35.2 Å². The van der Waals surface area contributed by atoms with Crippen LogP contribution in [0.15, 0.2) is 48.5 Å². The summed E-state index contributed by atoms with van der Waals surface area (Å²) in [6.45, 7) is 4.91. The number of aromatic amines is 2. The summed E-state index contributed by atoms with van der Waals surface area (Å²) in [6.07, 6.45) is 5.03. The van der Waals surface area contributed by atoms with E-state index in [1.165, 1.54) is 25.7 Å². The third kappa shape index (κ3) is 6.07. The summed E-state index contributed by atoms with van der Waals surface area (Å²) >= 11 is 0. The molecule has 0 radical (unpaired) electrons. The van der Waals surface area contributed by atoms with E-state index in [0.29, 0.717) is 0 Å². The van der Waals surface area contributed by atoms with Crippen LogP contribution in [0.2, 0.25) is 0 Å². The Morgan fingerprint density at radius 3 is 1.76 bits per heavy atom. The first-order chi connectivity index (χ1) is 13.3. The number of unbranched alkanes of at least 4 members (excludes halogenated alkanes) is 3. The Morgan fingerprint density at radius 1 is 0.759 bits per heavy atom. The van der Waals surface area contributed by atoms with Crippen molar-refractivity contribution in [2.45, 2.75) is 45.7 Å². The molecule has 2 aromatic heterocycles. The van der Waals surface area contributed by atoms with E-state index in [4.69, 9.17) is 9.97 Å². The minimum absolute atomic E-state index is 0. The van der Waals surface area contributed by atoms with Crippen LogP contribution in [-0.4, -0.2) is 31.4 Å². The van der Waals surface area contributed by atoms with E-state index in [0.717, 1.165) is 53.3 Å². The maximum Gasteiger partial charge on any atom is 0.121 e. The molecule has 0 spiro atoms. The number of halogens is 1. The van der Waals surface area contributed by atoms with Gasteiger partial charge in [-0.25, -0.2) is 9.97 Å². The second kappa shape index (κ2) is 11.4. The van der Waals surface area contributed by atoms with E-state index in [-0.39, 0.29) is 29.8 Å². The van der Waals surface area contributed by atoms with E-state index in [1.54, 1.807) is 0 Å². The second-order valence-electron chi connectivity index (χ2n) is 7.17. The van der Waals surface area contributed by atoms with Gasteiger partial charge >= 0.3 is 0 Å². The minimum atomic E-state index is 0. The zero-order chi connectivity index (χ0) is 18.5. The maximum atomic E-state index is 4.75. The molecule has 0 aliphatic rings. The summed E-state index contributed by atoms with van der Waals surface area (Å²) in [6, 6.07) is 16.4. The summed E-state index contributed by atoms with van der Waals surface area (Å²) < 4.78 is 0. The number of nitrogens with one attached hydrogen (secondary N) is 2. The molecule has 0 atom stereocenters. The van der Waals surface area contributed by atoms with E-state index >= 15 is 0 Å². The van der Waals surface area contributed by atoms with E-state index < -0.39 is 0 Å². The topological polar surface area (TPSA) is 60.6 Å². The normalized spacial score (nSPS) is 11.0. The van der Waals surface area contributed by atoms with Gasteiger partial charge in [-0.05, 0) is 37.2 Å². The first kappa shape index (κ1) is 23.4. The van der Waals surface area contributed by atoms with E-state index in [1.807, 2.05) is 24.3 Å². The van der Waals surface area contributed by atoms with Crippen LogP contribution < -0.4 is 0 Å². The molecule has 0 aliphatic heterocycles. The molecule has 0 saturated carbocycles. The molecule has 0 aliphatic carbocycles. The fraction of sp³-hybridized carbons (Fsp3) is 0.364. The average molecular weight is 450 g/mol. The first-order valence-corrected chi connectivity index (χ1v) is 9.91. The van der Waals surface area contributed by atoms with Gasteiger partial charge in [-0.15, -0.1) is 12.4 Å². The SMILES string of the molecule is CCCCCCN(Cc1nc2ccccc2[nH]1)Cc1nc2ccccc2[nH]1.Cl.[Cr]. The van der Waals surface area contributed by atoms with Crippen LogP contribution in [0.25, 0.3) is 22.1 Å². The molecule has 4 aromatic rings. The van der Waals surface area contributed by atoms with Crippen LogP contribution in [-0.2, 0) is 30.5 Å². The van der Waals surface area contributed by atoms with Crippen molar-refractivity contribution in [3.8, 4) is 0 Å². The molecule has 154 valence electrons. The number of benzene rings is 2. The number of aromatic nitrogens is 4. The molecule has 0 bridgehead atoms. The zero-order valence-corrected chi connectivity index (χ0v) is 18.8. The predicted octanol–water partition coefficient (Wildman–Crippen LogP) is 5.44. The van der Waals surface area contributed by atoms with Gasteiger partial charge in [0.15, 0.2) is 0 Å². The Bertz CT molecular complexity index is 870. The number of H-pyrrole nitrogens is 2. The van der Waals surface area contributed by atoms with Gasteiger partial charge in [-0.3, -0.25) is 4.90 Å². The molecule has 4 rings (SSSR count). The summed E-state index contributed by atoms with van der Waals surface area (Å²) in [4.78, 5) is 18.9. The fourth-order valence-corrected chi connectivity index (χ4v) is 3.56. The third-order valence-corrected chi connectivity index (χ3v) is 4.95. The maximum absolute atomic E-state index is 4.75. The van der Waals surface area contributed by atoms with Crippen molar-refractivity contribution in [1.82, 2.24) is 24.8 Å². The second-order valence-corrected chi connectivity index (χ2v) is 7.17. The monoisotopic (exact) mass is 449 g/mol. The van der Waals surface area contributed by atoms with Crippen molar-refractivity contribution in [3.05, 3.63) is 60.2 Å². The van der Waals surface area contributed by atoms with Crippen molar-refractivity contribution >= 4 is 34.5 Å². The smallest absolute Gasteiger partial charge is 0.121 e. The van der Waals surface area contributed by atoms with Gasteiger partial charge < -0.3 is 9.97 Å². The number of nitrogens with zero attached hydrogens (tertiary/aromatic N) is 3. The number of fused-ring (bicyclic) bond motifs is 2. The molecule has 0 amide bonds. The molecular weight excluding hydrogens is 422 g/mol. The Labute approximate surface area is 188 Å². The Kier molecular flexibility index (Phi) is 9.19. The number of imidazole rings is 2. The summed E-state index contributed by atoms with van der Waals surface area (Å²) in [5.41, 5.74) is 4.26. The molecule has 0 unspecified atom stereocenters. The van der Waals surface area contributed by atoms with Crippen molar-refractivity contribution < 1.29 is 17.4 Å². The van der Waals surface area contributed by atoms with Gasteiger partial charge in [0.1, 0.15) is 11.6 Å². The van der Waals surface area contributed by atoms with E-state index in [2.05, 4.69) is 46.1 Å². The Hall–Kier alpha value is -1.84. The Morgan fingerprint density at radius 2 is 1.28 bits per heavy atom. The van der Waals surface area contributed by atoms with Crippen molar-refractivity contribution in [2.24, 2.45) is 0 Å². The predicted molar refractivity (Wildman–Crippen MR) is 118 cm³/mol. The van der Waals surface area contributed by atoms with Crippen LogP contribution in [0.5, 0.6) is 0 Å². The van der Waals surface area contributed by atoms with Gasteiger partial charge in [-0.2, -0.15) is 0 Å². The number of hydrogen-bond donors (Lipinski definition) is 2. The molecule has 0 saturated heterocycles. The van der Waals surface area contributed by atoms with Crippen LogP contribution in [0.4, 0.5) is 0 Å². The average Bonchev–Trinajstić information content (AvgIpc) is 3.27. The Balaban J connectivity index is 0.00000150. The molecule has 7 heteroatoms. The van der Waals surface area contributed by atoms with Gasteiger partial charge in [0.2, 0.25) is 0 Å². The quantitative estimate of drug-likeness (QED) is 0.334. The summed E-state index contributed by atoms with van der Waals surface area (Å²) in [5.74, 6) is 2.03. The van der Waals surface area contributed by atoms with Gasteiger partial charge in [-0.1, -0.05) is 50.5 Å². The molecule has 29 heavy (non-hydrogen) atoms. The van der Waals surface area contributed by atoms with Crippen molar-refractivity contribution in [2.75, 3.05) is 6.54 Å². The molecular formula is C22H28ClCrN5. The molecule has 2 heterocycles. The van der Waals surface area contributed by atoms with Crippen molar-refractivity contribution in [3.63, 3.8) is 0 Å². The van der Waals surface area contributed by atoms with Crippen molar-refractivity contribution in [1.29, 1.82) is 0 Å². The van der Waals surface area contributed by atoms with Crippen LogP contribution in [0, 0.1) is 0 Å². The van der Waals surface area contributed by atoms with Gasteiger partial charge in [0.25, 0.3) is 0 Å². The van der Waals surface area contributed by atoms with Crippen LogP contribution in [0.1, 0.15) is 44.3 Å². The molecule has 2 N–H and O–H groups in total. The van der Waals surface area contributed by atoms with E-state index in [9.17, 15) is 0 Å². The number of hydrogen-bond acceptors (Lipinski definition) is 3. The number of rotatable bonds is 9. The number of para-hydroxylation sites is 4. The zero-order valence-electron chi connectivity index (χ0n) is 16.7. The largest absolute Gasteiger partial charge is 0.341 e. The standard InChI is InChI=1S/C22H27N5.ClH.Cr/c1-2-3-4-9-14-27(15-21-23-17-10-5-6-11-18(17)24-21)16-22-25-19-12-7-8-13-20(19)26-22;;/h5-8,10-13H,2-4,9,14-16H2,1H3,(H,23,24)(H,25,26);1H;. The summed E-state index contributed by atoms with van der Waals surface area (Å²) in [5, 5.41) is 0. The third-order valence-electron chi connectivity index (χ3n) is 4.95. The fourth-order valence-electron chi connectivity index (χ4n) is 3.56. The molecule has 2 aromatic carbocycles. The minimum Gasteiger partial charge on any atom is -0.341 e. The molecule has 0 fully saturated rings. The van der Waals surface area contributed by atoms with Crippen LogP contribution in [0.3, 0.4) is 0 Å².